The van der Waals surface area contributed by atoms with Crippen LogP contribution in [0.4, 0.5) is 0 Å². The Kier molecular flexibility index (Phi) is 3.16. The summed E-state index contributed by atoms with van der Waals surface area (Å²) in [6, 6.07) is 0. The molecule has 16 heavy (non-hydrogen) atoms. The van der Waals surface area contributed by atoms with Gasteiger partial charge < -0.3 is 4.74 Å². The van der Waals surface area contributed by atoms with E-state index in [4.69, 9.17) is 4.74 Å². The topological polar surface area (TPSA) is 60.8 Å². The fraction of sp³-hybridized carbons (Fsp3) is 0.273. The maximum Gasteiger partial charge on any atom is 0.109 e. The van der Waals surface area contributed by atoms with Gasteiger partial charge in [-0.3, -0.25) is 9.97 Å². The molecule has 0 radical (unpaired) electrons. The number of hydrogen-bond donors (Lipinski definition) is 0. The van der Waals surface area contributed by atoms with Crippen LogP contribution in [0.5, 0.6) is 0 Å². The van der Waals surface area contributed by atoms with Gasteiger partial charge in [-0.15, -0.1) is 0 Å². The van der Waals surface area contributed by atoms with Crippen molar-refractivity contribution >= 4 is 0 Å². The van der Waals surface area contributed by atoms with Gasteiger partial charge in [-0.1, -0.05) is 0 Å². The predicted octanol–water partition coefficient (Wildman–Crippen LogP) is 1.39. The first-order valence-corrected chi connectivity index (χ1v) is 4.88. The Morgan fingerprint density at radius 1 is 1.00 bits per heavy atom. The zero-order valence-corrected chi connectivity index (χ0v) is 9.21. The maximum absolute atomic E-state index is 5.00. The highest BCUT2D eigenvalue weighted by atomic mass is 16.5. The van der Waals surface area contributed by atoms with E-state index in [0.717, 1.165) is 17.1 Å². The lowest BCUT2D eigenvalue weighted by molar-refractivity contribution is 0.181. The van der Waals surface area contributed by atoms with Crippen molar-refractivity contribution in [1.29, 1.82) is 0 Å². The zero-order chi connectivity index (χ0) is 11.4. The highest BCUT2D eigenvalue weighted by Gasteiger charge is 2.03. The molecule has 5 nitrogen and oxygen atoms in total. The summed E-state index contributed by atoms with van der Waals surface area (Å²) in [5.41, 5.74) is 3.08. The van der Waals surface area contributed by atoms with Gasteiger partial charge in [0.15, 0.2) is 0 Å². The molecular weight excluding hydrogens is 204 g/mol. The van der Waals surface area contributed by atoms with E-state index in [0.29, 0.717) is 12.3 Å². The number of nitrogens with zero attached hydrogens (tertiary/aromatic N) is 4. The number of rotatable bonds is 3. The first-order valence-electron chi connectivity index (χ1n) is 4.88. The fourth-order valence-electron chi connectivity index (χ4n) is 1.33. The van der Waals surface area contributed by atoms with Crippen molar-refractivity contribution in [3.8, 4) is 11.4 Å². The Morgan fingerprint density at radius 3 is 2.38 bits per heavy atom. The summed E-state index contributed by atoms with van der Waals surface area (Å²) in [6.45, 7) is 2.34. The van der Waals surface area contributed by atoms with Gasteiger partial charge in [0.2, 0.25) is 0 Å². The number of methoxy groups -OCH3 is 1. The molecule has 0 aliphatic rings. The molecule has 0 saturated carbocycles. The van der Waals surface area contributed by atoms with Crippen LogP contribution in [0.25, 0.3) is 11.4 Å². The number of ether oxygens (including phenoxy) is 1. The Bertz CT molecular complexity index is 487. The van der Waals surface area contributed by atoms with E-state index < -0.39 is 0 Å². The molecule has 0 amide bonds. The van der Waals surface area contributed by atoms with Crippen LogP contribution in [0, 0.1) is 6.92 Å². The maximum atomic E-state index is 5.00. The second-order valence-electron chi connectivity index (χ2n) is 3.37. The molecule has 0 N–H and O–H groups in total. The Labute approximate surface area is 93.6 Å². The third-order valence-electron chi connectivity index (χ3n) is 1.99. The van der Waals surface area contributed by atoms with Crippen LogP contribution in [0.3, 0.4) is 0 Å². The Hall–Kier alpha value is -1.88. The molecule has 5 heteroatoms. The molecule has 0 aromatic carbocycles. The van der Waals surface area contributed by atoms with Crippen molar-refractivity contribution in [1.82, 2.24) is 19.9 Å². The average molecular weight is 216 g/mol. The lowest BCUT2D eigenvalue weighted by Crippen LogP contribution is -1.97. The smallest absolute Gasteiger partial charge is 0.109 e. The molecule has 0 fully saturated rings. The molecule has 0 saturated heterocycles. The number of aryl methyl sites for hydroxylation is 1. The minimum Gasteiger partial charge on any atom is -0.378 e. The second-order valence-corrected chi connectivity index (χ2v) is 3.37. The fourth-order valence-corrected chi connectivity index (χ4v) is 1.33. The van der Waals surface area contributed by atoms with Gasteiger partial charge >= 0.3 is 0 Å². The molecular formula is C11H12N4O. The van der Waals surface area contributed by atoms with Gasteiger partial charge in [0.1, 0.15) is 11.4 Å². The van der Waals surface area contributed by atoms with Crippen LogP contribution in [0.2, 0.25) is 0 Å². The molecule has 0 unspecified atom stereocenters. The minimum absolute atomic E-state index is 0.445. The average Bonchev–Trinajstić information content (AvgIpc) is 2.30. The van der Waals surface area contributed by atoms with E-state index in [2.05, 4.69) is 19.9 Å². The van der Waals surface area contributed by atoms with Crippen molar-refractivity contribution in [2.45, 2.75) is 13.5 Å². The van der Waals surface area contributed by atoms with E-state index in [-0.39, 0.29) is 0 Å². The quantitative estimate of drug-likeness (QED) is 0.775. The summed E-state index contributed by atoms with van der Waals surface area (Å²) in [6.07, 6.45) is 6.72. The summed E-state index contributed by atoms with van der Waals surface area (Å²) in [5, 5.41) is 0. The molecule has 2 aromatic heterocycles. The van der Waals surface area contributed by atoms with Crippen molar-refractivity contribution in [3.63, 3.8) is 0 Å². The first kappa shape index (κ1) is 10.6. The molecule has 0 spiro atoms. The van der Waals surface area contributed by atoms with Crippen molar-refractivity contribution in [2.75, 3.05) is 7.11 Å². The molecule has 0 aliphatic heterocycles. The van der Waals surface area contributed by atoms with Crippen LogP contribution < -0.4 is 0 Å². The summed E-state index contributed by atoms with van der Waals surface area (Å²) in [5.74, 6) is 0. The Morgan fingerprint density at radius 2 is 1.69 bits per heavy atom. The third-order valence-corrected chi connectivity index (χ3v) is 1.99. The minimum atomic E-state index is 0.445. The lowest BCUT2D eigenvalue weighted by atomic mass is 10.3. The summed E-state index contributed by atoms with van der Waals surface area (Å²) in [4.78, 5) is 16.9. The van der Waals surface area contributed by atoms with E-state index >= 15 is 0 Å². The van der Waals surface area contributed by atoms with Crippen molar-refractivity contribution < 1.29 is 4.74 Å². The summed E-state index contributed by atoms with van der Waals surface area (Å²) < 4.78 is 5.00. The highest BCUT2D eigenvalue weighted by molar-refractivity contribution is 5.51. The highest BCUT2D eigenvalue weighted by Crippen LogP contribution is 2.12. The van der Waals surface area contributed by atoms with Gasteiger partial charge in [-0.2, -0.15) is 0 Å². The third kappa shape index (κ3) is 2.38. The molecule has 2 heterocycles. The number of hydrogen-bond acceptors (Lipinski definition) is 5. The molecule has 82 valence electrons. The van der Waals surface area contributed by atoms with E-state index in [1.54, 1.807) is 31.9 Å². The largest absolute Gasteiger partial charge is 0.378 e. The summed E-state index contributed by atoms with van der Waals surface area (Å²) in [7, 11) is 1.63. The molecule has 2 rings (SSSR count). The Balaban J connectivity index is 2.36. The lowest BCUT2D eigenvalue weighted by Gasteiger charge is -2.02. The van der Waals surface area contributed by atoms with Crippen molar-refractivity contribution in [2.24, 2.45) is 0 Å². The van der Waals surface area contributed by atoms with Gasteiger partial charge in [0, 0.05) is 13.3 Å². The SMILES string of the molecule is COCc1cncc(-c2cncc(C)n2)n1. The van der Waals surface area contributed by atoms with Gasteiger partial charge in [0.25, 0.3) is 0 Å². The van der Waals surface area contributed by atoms with Crippen LogP contribution in [0.15, 0.2) is 24.8 Å². The molecule has 0 atom stereocenters. The van der Waals surface area contributed by atoms with Crippen LogP contribution in [0.1, 0.15) is 11.4 Å². The monoisotopic (exact) mass is 216 g/mol. The van der Waals surface area contributed by atoms with Crippen LogP contribution in [-0.4, -0.2) is 27.0 Å². The van der Waals surface area contributed by atoms with Crippen LogP contribution >= 0.6 is 0 Å². The van der Waals surface area contributed by atoms with Crippen molar-refractivity contribution in [3.05, 3.63) is 36.2 Å². The van der Waals surface area contributed by atoms with Crippen LogP contribution in [-0.2, 0) is 11.3 Å². The van der Waals surface area contributed by atoms with E-state index in [1.165, 1.54) is 0 Å². The zero-order valence-electron chi connectivity index (χ0n) is 9.21. The van der Waals surface area contributed by atoms with Gasteiger partial charge in [-0.25, -0.2) is 9.97 Å². The van der Waals surface area contributed by atoms with E-state index in [1.807, 2.05) is 6.92 Å². The van der Waals surface area contributed by atoms with Gasteiger partial charge in [-0.05, 0) is 6.92 Å². The van der Waals surface area contributed by atoms with Gasteiger partial charge in [0.05, 0.1) is 36.6 Å². The predicted molar refractivity (Wildman–Crippen MR) is 58.5 cm³/mol. The number of aromatic nitrogens is 4. The molecule has 2 aromatic rings. The van der Waals surface area contributed by atoms with E-state index in [9.17, 15) is 0 Å². The normalized spacial score (nSPS) is 10.4. The standard InChI is InChI=1S/C11H12N4O/c1-8-3-12-5-10(14-8)11-6-13-4-9(15-11)7-16-2/h3-6H,7H2,1-2H3. The first-order chi connectivity index (χ1) is 7.79. The summed E-state index contributed by atoms with van der Waals surface area (Å²) >= 11 is 0. The molecule has 0 aliphatic carbocycles. The second kappa shape index (κ2) is 4.76. The molecule has 0 bridgehead atoms.